The summed E-state index contributed by atoms with van der Waals surface area (Å²) in [5.41, 5.74) is 17.4. The van der Waals surface area contributed by atoms with Gasteiger partial charge in [0.25, 0.3) is 0 Å². The lowest BCUT2D eigenvalue weighted by Gasteiger charge is -2.10. The number of aryl methyl sites for hydroxylation is 1. The fourth-order valence-electron chi connectivity index (χ4n) is 2.04. The maximum Gasteiger partial charge on any atom is 0.0184 e. The third-order valence-corrected chi connectivity index (χ3v) is 2.95. The van der Waals surface area contributed by atoms with E-state index in [0.717, 1.165) is 5.56 Å². The smallest absolute Gasteiger partial charge is 0.0184 e. The Hall–Kier alpha value is -1.64. The van der Waals surface area contributed by atoms with E-state index >= 15 is 0 Å². The molecule has 0 saturated heterocycles. The van der Waals surface area contributed by atoms with E-state index in [-0.39, 0.29) is 0 Å². The predicted octanol–water partition coefficient (Wildman–Crippen LogP) is 2.58. The second kappa shape index (κ2) is 5.13. The summed E-state index contributed by atoms with van der Waals surface area (Å²) in [6.45, 7) is 3.21. The van der Waals surface area contributed by atoms with E-state index in [9.17, 15) is 0 Å². The van der Waals surface area contributed by atoms with Gasteiger partial charge in [-0.1, -0.05) is 42.0 Å². The van der Waals surface area contributed by atoms with Crippen LogP contribution in [0, 0.1) is 6.92 Å². The van der Waals surface area contributed by atoms with Crippen LogP contribution in [-0.2, 0) is 13.1 Å². The van der Waals surface area contributed by atoms with Crippen molar-refractivity contribution in [3.05, 3.63) is 59.2 Å². The number of rotatable bonds is 3. The Balaban J connectivity index is 2.51. The van der Waals surface area contributed by atoms with Crippen LogP contribution >= 0.6 is 0 Å². The molecular formula is C15H18N2. The minimum absolute atomic E-state index is 0.559. The average molecular weight is 226 g/mol. The number of hydrogen-bond donors (Lipinski definition) is 2. The summed E-state index contributed by atoms with van der Waals surface area (Å²) in [4.78, 5) is 0. The van der Waals surface area contributed by atoms with Gasteiger partial charge in [-0.25, -0.2) is 0 Å². The molecule has 0 aliphatic carbocycles. The van der Waals surface area contributed by atoms with E-state index in [1.165, 1.54) is 22.3 Å². The molecule has 2 heteroatoms. The zero-order valence-corrected chi connectivity index (χ0v) is 10.1. The Kier molecular flexibility index (Phi) is 3.57. The molecule has 2 aromatic rings. The molecule has 4 N–H and O–H groups in total. The van der Waals surface area contributed by atoms with Gasteiger partial charge in [0, 0.05) is 13.1 Å². The highest BCUT2D eigenvalue weighted by Gasteiger charge is 2.04. The van der Waals surface area contributed by atoms with Crippen LogP contribution in [0.5, 0.6) is 0 Å². The zero-order chi connectivity index (χ0) is 12.3. The molecule has 0 aliphatic rings. The van der Waals surface area contributed by atoms with Crippen LogP contribution in [0.3, 0.4) is 0 Å². The average Bonchev–Trinajstić information content (AvgIpc) is 2.38. The third kappa shape index (κ3) is 2.54. The third-order valence-electron chi connectivity index (χ3n) is 2.95. The van der Waals surface area contributed by atoms with Crippen LogP contribution in [0.1, 0.15) is 16.7 Å². The summed E-state index contributed by atoms with van der Waals surface area (Å²) < 4.78 is 0. The summed E-state index contributed by atoms with van der Waals surface area (Å²) in [5.74, 6) is 0. The van der Waals surface area contributed by atoms with Gasteiger partial charge in [-0.3, -0.25) is 0 Å². The molecule has 0 aliphatic heterocycles. The predicted molar refractivity (Wildman–Crippen MR) is 72.4 cm³/mol. The van der Waals surface area contributed by atoms with Crippen molar-refractivity contribution in [2.45, 2.75) is 20.0 Å². The van der Waals surface area contributed by atoms with Crippen LogP contribution in [0.15, 0.2) is 42.5 Å². The molecule has 17 heavy (non-hydrogen) atoms. The Bertz CT molecular complexity index is 518. The summed E-state index contributed by atoms with van der Waals surface area (Å²) in [5, 5.41) is 0. The lowest BCUT2D eigenvalue weighted by atomic mass is 9.96. The molecule has 0 saturated carbocycles. The first kappa shape index (κ1) is 11.8. The standard InChI is InChI=1S/C15H18N2/c1-11-5-6-15(14(7-11)10-17)13-4-2-3-12(8-13)9-16/h2-8H,9-10,16-17H2,1H3. The molecule has 0 amide bonds. The summed E-state index contributed by atoms with van der Waals surface area (Å²) >= 11 is 0. The van der Waals surface area contributed by atoms with E-state index in [1.54, 1.807) is 0 Å². The van der Waals surface area contributed by atoms with Crippen molar-refractivity contribution in [1.82, 2.24) is 0 Å². The van der Waals surface area contributed by atoms with Gasteiger partial charge in [0.2, 0.25) is 0 Å². The summed E-state index contributed by atoms with van der Waals surface area (Å²) in [6, 6.07) is 14.7. The van der Waals surface area contributed by atoms with Crippen molar-refractivity contribution in [2.24, 2.45) is 11.5 Å². The molecule has 0 heterocycles. The zero-order valence-electron chi connectivity index (χ0n) is 10.1. The first-order valence-electron chi connectivity index (χ1n) is 5.83. The molecule has 0 bridgehead atoms. The number of nitrogens with two attached hydrogens (primary N) is 2. The van der Waals surface area contributed by atoms with Gasteiger partial charge >= 0.3 is 0 Å². The summed E-state index contributed by atoms with van der Waals surface area (Å²) in [7, 11) is 0. The molecule has 0 unspecified atom stereocenters. The molecule has 0 atom stereocenters. The van der Waals surface area contributed by atoms with Crippen molar-refractivity contribution in [1.29, 1.82) is 0 Å². The van der Waals surface area contributed by atoms with Crippen LogP contribution in [0.4, 0.5) is 0 Å². The lowest BCUT2D eigenvalue weighted by molar-refractivity contribution is 1.06. The second-order valence-corrected chi connectivity index (χ2v) is 4.27. The first-order chi connectivity index (χ1) is 8.24. The quantitative estimate of drug-likeness (QED) is 0.845. The van der Waals surface area contributed by atoms with E-state index < -0.39 is 0 Å². The normalized spacial score (nSPS) is 10.5. The number of hydrogen-bond acceptors (Lipinski definition) is 2. The topological polar surface area (TPSA) is 52.0 Å². The van der Waals surface area contributed by atoms with Gasteiger partial charge in [0.1, 0.15) is 0 Å². The SMILES string of the molecule is Cc1ccc(-c2cccc(CN)c2)c(CN)c1. The highest BCUT2D eigenvalue weighted by Crippen LogP contribution is 2.25. The van der Waals surface area contributed by atoms with Gasteiger partial charge in [-0.2, -0.15) is 0 Å². The minimum atomic E-state index is 0.559. The second-order valence-electron chi connectivity index (χ2n) is 4.27. The molecule has 2 aromatic carbocycles. The first-order valence-corrected chi connectivity index (χ1v) is 5.83. The maximum absolute atomic E-state index is 5.80. The molecule has 88 valence electrons. The molecule has 0 fully saturated rings. The summed E-state index contributed by atoms with van der Waals surface area (Å²) in [6.07, 6.45) is 0. The van der Waals surface area contributed by atoms with Gasteiger partial charge in [0.05, 0.1) is 0 Å². The minimum Gasteiger partial charge on any atom is -0.326 e. The van der Waals surface area contributed by atoms with E-state index in [1.807, 2.05) is 12.1 Å². The van der Waals surface area contributed by atoms with Gasteiger partial charge in [-0.05, 0) is 35.2 Å². The molecule has 0 spiro atoms. The maximum atomic E-state index is 5.80. The molecular weight excluding hydrogens is 208 g/mol. The van der Waals surface area contributed by atoms with E-state index in [2.05, 4.69) is 37.3 Å². The molecule has 2 nitrogen and oxygen atoms in total. The molecule has 2 rings (SSSR count). The van der Waals surface area contributed by atoms with E-state index in [0.29, 0.717) is 13.1 Å². The molecule has 0 aromatic heterocycles. The van der Waals surface area contributed by atoms with Crippen molar-refractivity contribution >= 4 is 0 Å². The van der Waals surface area contributed by atoms with E-state index in [4.69, 9.17) is 11.5 Å². The largest absolute Gasteiger partial charge is 0.326 e. The van der Waals surface area contributed by atoms with Crippen LogP contribution < -0.4 is 11.5 Å². The fraction of sp³-hybridized carbons (Fsp3) is 0.200. The Morgan fingerprint density at radius 3 is 2.47 bits per heavy atom. The highest BCUT2D eigenvalue weighted by molar-refractivity contribution is 5.68. The Morgan fingerprint density at radius 2 is 1.76 bits per heavy atom. The van der Waals surface area contributed by atoms with Gasteiger partial charge < -0.3 is 11.5 Å². The Labute approximate surface area is 102 Å². The van der Waals surface area contributed by atoms with Crippen molar-refractivity contribution in [2.75, 3.05) is 0 Å². The van der Waals surface area contributed by atoms with Gasteiger partial charge in [-0.15, -0.1) is 0 Å². The van der Waals surface area contributed by atoms with Crippen molar-refractivity contribution in [3.8, 4) is 11.1 Å². The fourth-order valence-corrected chi connectivity index (χ4v) is 2.04. The van der Waals surface area contributed by atoms with Crippen LogP contribution in [-0.4, -0.2) is 0 Å². The Morgan fingerprint density at radius 1 is 0.941 bits per heavy atom. The molecule has 0 radical (unpaired) electrons. The van der Waals surface area contributed by atoms with Crippen molar-refractivity contribution < 1.29 is 0 Å². The lowest BCUT2D eigenvalue weighted by Crippen LogP contribution is -2.00. The number of benzene rings is 2. The van der Waals surface area contributed by atoms with Gasteiger partial charge in [0.15, 0.2) is 0 Å². The van der Waals surface area contributed by atoms with Crippen LogP contribution in [0.2, 0.25) is 0 Å². The highest BCUT2D eigenvalue weighted by atomic mass is 14.5. The monoisotopic (exact) mass is 226 g/mol. The van der Waals surface area contributed by atoms with Crippen molar-refractivity contribution in [3.63, 3.8) is 0 Å². The van der Waals surface area contributed by atoms with Crippen LogP contribution in [0.25, 0.3) is 11.1 Å².